The number of hydrogen-bond donors (Lipinski definition) is 0. The Hall–Kier alpha value is -4.09. The molecule has 2 heterocycles. The third-order valence-corrected chi connectivity index (χ3v) is 7.75. The topological polar surface area (TPSA) is 42.3 Å². The number of hydrogen-bond acceptors (Lipinski definition) is 3. The molecule has 5 aromatic rings. The van der Waals surface area contributed by atoms with E-state index in [1.807, 2.05) is 60.7 Å². The molecule has 176 valence electrons. The van der Waals surface area contributed by atoms with Crippen LogP contribution in [-0.4, -0.2) is 20.6 Å². The largest absolute Gasteiger partial charge is 0.317 e. The molecule has 0 radical (unpaired) electrons. The molecule has 1 saturated heterocycles. The van der Waals surface area contributed by atoms with E-state index in [2.05, 4.69) is 54.8 Å². The molecular weight excluding hydrogens is 464 g/mol. The highest BCUT2D eigenvalue weighted by atomic mass is 32.2. The van der Waals surface area contributed by atoms with E-state index in [1.54, 1.807) is 0 Å². The van der Waals surface area contributed by atoms with Crippen molar-refractivity contribution >= 4 is 50.5 Å². The van der Waals surface area contributed by atoms with Crippen LogP contribution in [0, 0.1) is 13.8 Å². The summed E-state index contributed by atoms with van der Waals surface area (Å²) >= 11 is 1.01. The number of thioether (sulfide) groups is 1. The Morgan fingerprint density at radius 1 is 0.778 bits per heavy atom. The second kappa shape index (κ2) is 8.85. The van der Waals surface area contributed by atoms with E-state index < -0.39 is 0 Å². The van der Waals surface area contributed by atoms with E-state index in [4.69, 9.17) is 0 Å². The van der Waals surface area contributed by atoms with Gasteiger partial charge in [-0.2, -0.15) is 0 Å². The fourth-order valence-corrected chi connectivity index (χ4v) is 5.92. The molecule has 5 heteroatoms. The summed E-state index contributed by atoms with van der Waals surface area (Å²) in [4.78, 5) is 28.0. The first-order chi connectivity index (χ1) is 17.5. The van der Waals surface area contributed by atoms with Crippen molar-refractivity contribution in [1.82, 2.24) is 9.47 Å². The van der Waals surface area contributed by atoms with Crippen molar-refractivity contribution in [2.75, 3.05) is 0 Å². The molecule has 0 bridgehead atoms. The molecule has 1 aliphatic heterocycles. The lowest BCUT2D eigenvalue weighted by Gasteiger charge is -2.14. The predicted octanol–water partition coefficient (Wildman–Crippen LogP) is 7.64. The average molecular weight is 489 g/mol. The molecule has 2 amide bonds. The minimum Gasteiger partial charge on any atom is -0.317 e. The van der Waals surface area contributed by atoms with Gasteiger partial charge in [-0.3, -0.25) is 14.5 Å². The lowest BCUT2D eigenvalue weighted by Crippen LogP contribution is -2.27. The first-order valence-electron chi connectivity index (χ1n) is 11.9. The fraction of sp³-hybridized carbons (Fsp3) is 0.0968. The van der Waals surface area contributed by atoms with Crippen LogP contribution in [-0.2, 0) is 11.3 Å². The second-order valence-corrected chi connectivity index (χ2v) is 10.1. The number of fused-ring (bicyclic) bond motifs is 2. The van der Waals surface area contributed by atoms with Gasteiger partial charge in [-0.25, -0.2) is 0 Å². The van der Waals surface area contributed by atoms with Crippen molar-refractivity contribution in [2.24, 2.45) is 0 Å². The average Bonchev–Trinajstić information content (AvgIpc) is 3.32. The SMILES string of the molecule is Cc1cc(/C=C2\SC(=O)N(Cc3cccc4ccccc34)C2=O)c(C)n1-c1cccc2ccccc12. The van der Waals surface area contributed by atoms with E-state index in [0.29, 0.717) is 4.91 Å². The van der Waals surface area contributed by atoms with Crippen molar-refractivity contribution < 1.29 is 9.59 Å². The van der Waals surface area contributed by atoms with Crippen molar-refractivity contribution in [2.45, 2.75) is 20.4 Å². The smallest absolute Gasteiger partial charge is 0.293 e. The number of carbonyl (C=O) groups is 2. The Labute approximate surface area is 213 Å². The second-order valence-electron chi connectivity index (χ2n) is 9.07. The van der Waals surface area contributed by atoms with E-state index in [0.717, 1.165) is 50.7 Å². The summed E-state index contributed by atoms with van der Waals surface area (Å²) in [6.45, 7) is 4.39. The van der Waals surface area contributed by atoms with Crippen LogP contribution in [0.2, 0.25) is 0 Å². The van der Waals surface area contributed by atoms with Crippen LogP contribution in [0.4, 0.5) is 4.79 Å². The Morgan fingerprint density at radius 2 is 1.42 bits per heavy atom. The van der Waals surface area contributed by atoms with Gasteiger partial charge in [0, 0.05) is 16.8 Å². The Bertz CT molecular complexity index is 1700. The summed E-state index contributed by atoms with van der Waals surface area (Å²) in [5, 5.41) is 4.27. The van der Waals surface area contributed by atoms with Crippen LogP contribution in [0.15, 0.2) is 95.9 Å². The van der Waals surface area contributed by atoms with Gasteiger partial charge in [0.25, 0.3) is 11.1 Å². The monoisotopic (exact) mass is 488 g/mol. The molecule has 0 spiro atoms. The maximum atomic E-state index is 13.3. The van der Waals surface area contributed by atoms with Crippen LogP contribution in [0.1, 0.15) is 22.5 Å². The van der Waals surface area contributed by atoms with Crippen LogP contribution in [0.3, 0.4) is 0 Å². The van der Waals surface area contributed by atoms with E-state index >= 15 is 0 Å². The molecule has 1 aliphatic rings. The maximum absolute atomic E-state index is 13.3. The van der Waals surface area contributed by atoms with Gasteiger partial charge in [0.15, 0.2) is 0 Å². The molecule has 36 heavy (non-hydrogen) atoms. The zero-order valence-corrected chi connectivity index (χ0v) is 20.9. The minimum absolute atomic E-state index is 0.234. The molecule has 0 aliphatic carbocycles. The first kappa shape index (κ1) is 22.4. The minimum atomic E-state index is -0.243. The van der Waals surface area contributed by atoms with E-state index in [1.165, 1.54) is 15.7 Å². The van der Waals surface area contributed by atoms with Gasteiger partial charge in [0.05, 0.1) is 17.1 Å². The number of aryl methyl sites for hydroxylation is 1. The zero-order chi connectivity index (χ0) is 24.8. The summed E-state index contributed by atoms with van der Waals surface area (Å²) in [5.41, 5.74) is 5.11. The van der Waals surface area contributed by atoms with Gasteiger partial charge in [0.1, 0.15) is 0 Å². The molecule has 1 fully saturated rings. The van der Waals surface area contributed by atoms with Crippen LogP contribution >= 0.6 is 11.8 Å². The van der Waals surface area contributed by atoms with Crippen LogP contribution < -0.4 is 0 Å². The summed E-state index contributed by atoms with van der Waals surface area (Å²) in [5.74, 6) is -0.243. The number of aromatic nitrogens is 1. The Morgan fingerprint density at radius 3 is 2.19 bits per heavy atom. The highest BCUT2D eigenvalue weighted by Crippen LogP contribution is 2.36. The lowest BCUT2D eigenvalue weighted by atomic mass is 10.0. The van der Waals surface area contributed by atoms with E-state index in [9.17, 15) is 9.59 Å². The standard InChI is InChI=1S/C31H24N2O2S/c1-20-17-25(21(2)33(20)28-16-8-12-23-10-4-6-15-27(23)28)18-29-30(34)32(31(35)36-29)19-24-13-7-11-22-9-3-5-14-26(22)24/h3-18H,19H2,1-2H3/b29-18-. The molecule has 6 rings (SSSR count). The fourth-order valence-electron chi connectivity index (χ4n) is 5.09. The van der Waals surface area contributed by atoms with Crippen molar-refractivity contribution in [3.8, 4) is 5.69 Å². The normalized spacial score (nSPS) is 15.1. The quantitative estimate of drug-likeness (QED) is 0.244. The van der Waals surface area contributed by atoms with Gasteiger partial charge in [-0.1, -0.05) is 78.9 Å². The first-order valence-corrected chi connectivity index (χ1v) is 12.7. The van der Waals surface area contributed by atoms with E-state index in [-0.39, 0.29) is 17.7 Å². The number of carbonyl (C=O) groups excluding carboxylic acids is 2. The molecule has 0 saturated carbocycles. The number of rotatable bonds is 4. The summed E-state index contributed by atoms with van der Waals surface area (Å²) in [6, 6.07) is 30.7. The zero-order valence-electron chi connectivity index (χ0n) is 20.1. The van der Waals surface area contributed by atoms with Crippen molar-refractivity contribution in [3.05, 3.63) is 118 Å². The van der Waals surface area contributed by atoms with Gasteiger partial charge in [-0.15, -0.1) is 0 Å². The third-order valence-electron chi connectivity index (χ3n) is 6.85. The predicted molar refractivity (Wildman–Crippen MR) is 148 cm³/mol. The highest BCUT2D eigenvalue weighted by molar-refractivity contribution is 8.18. The van der Waals surface area contributed by atoms with Gasteiger partial charge >= 0.3 is 0 Å². The number of amides is 2. The highest BCUT2D eigenvalue weighted by Gasteiger charge is 2.35. The van der Waals surface area contributed by atoms with Crippen LogP contribution in [0.25, 0.3) is 33.3 Å². The molecule has 0 unspecified atom stereocenters. The van der Waals surface area contributed by atoms with Crippen molar-refractivity contribution in [3.63, 3.8) is 0 Å². The summed E-state index contributed by atoms with van der Waals surface area (Å²) in [6.07, 6.45) is 1.86. The molecule has 4 nitrogen and oxygen atoms in total. The number of nitrogens with zero attached hydrogens (tertiary/aromatic N) is 2. The molecule has 0 N–H and O–H groups in total. The Kier molecular flexibility index (Phi) is 5.50. The Balaban J connectivity index is 1.34. The summed E-state index contributed by atoms with van der Waals surface area (Å²) < 4.78 is 2.22. The van der Waals surface area contributed by atoms with Gasteiger partial charge < -0.3 is 4.57 Å². The molecule has 0 atom stereocenters. The molecule has 4 aromatic carbocycles. The summed E-state index contributed by atoms with van der Waals surface area (Å²) in [7, 11) is 0. The molecular formula is C31H24N2O2S. The van der Waals surface area contributed by atoms with Crippen molar-refractivity contribution in [1.29, 1.82) is 0 Å². The number of benzene rings is 4. The maximum Gasteiger partial charge on any atom is 0.293 e. The molecule has 1 aromatic heterocycles. The van der Waals surface area contributed by atoms with Crippen LogP contribution in [0.5, 0.6) is 0 Å². The third kappa shape index (κ3) is 3.73. The van der Waals surface area contributed by atoms with Gasteiger partial charge in [0.2, 0.25) is 0 Å². The number of imide groups is 1. The lowest BCUT2D eigenvalue weighted by molar-refractivity contribution is -0.123. The van der Waals surface area contributed by atoms with Gasteiger partial charge in [-0.05, 0) is 71.1 Å².